The van der Waals surface area contributed by atoms with Gasteiger partial charge < -0.3 is 4.90 Å². The van der Waals surface area contributed by atoms with Crippen LogP contribution in [0.4, 0.5) is 5.69 Å². The van der Waals surface area contributed by atoms with E-state index in [4.69, 9.17) is 0 Å². The molecular formula is C20H21N. The Balaban J connectivity index is 2.29. The molecule has 0 aliphatic heterocycles. The molecule has 0 bridgehead atoms. The zero-order chi connectivity index (χ0) is 14.9. The first-order chi connectivity index (χ1) is 10.3. The number of rotatable bonds is 7. The molecule has 0 fully saturated rings. The second-order valence-electron chi connectivity index (χ2n) is 4.79. The van der Waals surface area contributed by atoms with Crippen molar-refractivity contribution in [3.05, 3.63) is 91.0 Å². The average Bonchev–Trinajstić information content (AvgIpc) is 2.54. The Labute approximate surface area is 127 Å². The normalized spacial score (nSPS) is 10.5. The van der Waals surface area contributed by atoms with Crippen molar-refractivity contribution in [2.75, 3.05) is 18.0 Å². The number of para-hydroxylation sites is 1. The van der Waals surface area contributed by atoms with Crippen molar-refractivity contribution in [3.63, 3.8) is 0 Å². The van der Waals surface area contributed by atoms with Crippen molar-refractivity contribution >= 4 is 17.8 Å². The number of hydrogen-bond donors (Lipinski definition) is 0. The van der Waals surface area contributed by atoms with Crippen molar-refractivity contribution in [1.82, 2.24) is 0 Å². The molecular weight excluding hydrogens is 254 g/mol. The van der Waals surface area contributed by atoms with E-state index in [1.807, 2.05) is 30.4 Å². The summed E-state index contributed by atoms with van der Waals surface area (Å²) in [6, 6.07) is 18.7. The highest BCUT2D eigenvalue weighted by molar-refractivity contribution is 5.77. The molecule has 0 heterocycles. The zero-order valence-electron chi connectivity index (χ0n) is 12.3. The first kappa shape index (κ1) is 14.9. The quantitative estimate of drug-likeness (QED) is 0.505. The molecule has 0 unspecified atom stereocenters. The fourth-order valence-electron chi connectivity index (χ4n) is 2.25. The summed E-state index contributed by atoms with van der Waals surface area (Å²) in [7, 11) is 0. The first-order valence-corrected chi connectivity index (χ1v) is 7.14. The topological polar surface area (TPSA) is 3.24 Å². The fraction of sp³-hybridized carbons (Fsp3) is 0.100. The standard InChI is InChI=1S/C20H21N/c1-3-16-21(17-4-2)20-13-9-8-12-19(20)15-14-18-10-6-5-7-11-18/h3-15H,1-2,16-17H2. The summed E-state index contributed by atoms with van der Waals surface area (Å²) in [4.78, 5) is 2.25. The third-order valence-corrected chi connectivity index (χ3v) is 3.23. The monoisotopic (exact) mass is 275 g/mol. The van der Waals surface area contributed by atoms with Crippen molar-refractivity contribution in [2.24, 2.45) is 0 Å². The van der Waals surface area contributed by atoms with Gasteiger partial charge in [0.15, 0.2) is 0 Å². The van der Waals surface area contributed by atoms with Crippen LogP contribution in [-0.4, -0.2) is 13.1 Å². The molecule has 0 radical (unpaired) electrons. The summed E-state index contributed by atoms with van der Waals surface area (Å²) >= 11 is 0. The smallest absolute Gasteiger partial charge is 0.0445 e. The van der Waals surface area contributed by atoms with E-state index in [0.29, 0.717) is 0 Å². The van der Waals surface area contributed by atoms with Crippen LogP contribution >= 0.6 is 0 Å². The summed E-state index contributed by atoms with van der Waals surface area (Å²) in [5.74, 6) is 0. The predicted molar refractivity (Wildman–Crippen MR) is 94.4 cm³/mol. The lowest BCUT2D eigenvalue weighted by atomic mass is 10.1. The van der Waals surface area contributed by atoms with Crippen LogP contribution in [0.15, 0.2) is 79.9 Å². The Morgan fingerprint density at radius 2 is 1.38 bits per heavy atom. The van der Waals surface area contributed by atoms with Crippen molar-refractivity contribution in [1.29, 1.82) is 0 Å². The van der Waals surface area contributed by atoms with Crippen LogP contribution in [0.1, 0.15) is 11.1 Å². The molecule has 0 aliphatic carbocycles. The van der Waals surface area contributed by atoms with Gasteiger partial charge in [-0.2, -0.15) is 0 Å². The van der Waals surface area contributed by atoms with Crippen molar-refractivity contribution in [3.8, 4) is 0 Å². The maximum absolute atomic E-state index is 3.84. The van der Waals surface area contributed by atoms with Gasteiger partial charge in [0.05, 0.1) is 0 Å². The fourth-order valence-corrected chi connectivity index (χ4v) is 2.25. The van der Waals surface area contributed by atoms with Crippen LogP contribution in [0.25, 0.3) is 12.2 Å². The minimum Gasteiger partial charge on any atom is -0.364 e. The highest BCUT2D eigenvalue weighted by Gasteiger charge is 2.06. The van der Waals surface area contributed by atoms with E-state index in [0.717, 1.165) is 13.1 Å². The number of anilines is 1. The minimum absolute atomic E-state index is 0.808. The lowest BCUT2D eigenvalue weighted by Crippen LogP contribution is -2.23. The van der Waals surface area contributed by atoms with Crippen LogP contribution in [-0.2, 0) is 0 Å². The summed E-state index contributed by atoms with van der Waals surface area (Å²) in [5.41, 5.74) is 3.60. The second kappa shape index (κ2) is 7.91. The van der Waals surface area contributed by atoms with Gasteiger partial charge in [0.1, 0.15) is 0 Å². The summed E-state index contributed by atoms with van der Waals surface area (Å²) in [6.45, 7) is 9.29. The Bertz CT molecular complexity index is 601. The van der Waals surface area contributed by atoms with Gasteiger partial charge in [-0.15, -0.1) is 13.2 Å². The summed E-state index contributed by atoms with van der Waals surface area (Å²) < 4.78 is 0. The highest BCUT2D eigenvalue weighted by atomic mass is 15.1. The number of benzene rings is 2. The van der Waals surface area contributed by atoms with Crippen LogP contribution in [0.5, 0.6) is 0 Å². The Morgan fingerprint density at radius 1 is 0.762 bits per heavy atom. The maximum Gasteiger partial charge on any atom is 0.0445 e. The summed E-state index contributed by atoms with van der Waals surface area (Å²) in [6.07, 6.45) is 8.13. The zero-order valence-corrected chi connectivity index (χ0v) is 12.3. The van der Waals surface area contributed by atoms with Crippen LogP contribution in [0.2, 0.25) is 0 Å². The van der Waals surface area contributed by atoms with Crippen LogP contribution in [0.3, 0.4) is 0 Å². The van der Waals surface area contributed by atoms with E-state index >= 15 is 0 Å². The van der Waals surface area contributed by atoms with Gasteiger partial charge in [-0.3, -0.25) is 0 Å². The third-order valence-electron chi connectivity index (χ3n) is 3.23. The average molecular weight is 275 g/mol. The second-order valence-corrected chi connectivity index (χ2v) is 4.79. The van der Waals surface area contributed by atoms with Gasteiger partial charge in [0, 0.05) is 18.8 Å². The van der Waals surface area contributed by atoms with Gasteiger partial charge >= 0.3 is 0 Å². The van der Waals surface area contributed by atoms with E-state index in [1.54, 1.807) is 0 Å². The van der Waals surface area contributed by atoms with Crippen LogP contribution < -0.4 is 4.90 Å². The van der Waals surface area contributed by atoms with Crippen molar-refractivity contribution < 1.29 is 0 Å². The predicted octanol–water partition coefficient (Wildman–Crippen LogP) is 5.04. The molecule has 2 aromatic rings. The van der Waals surface area contributed by atoms with E-state index in [2.05, 4.69) is 66.6 Å². The first-order valence-electron chi connectivity index (χ1n) is 7.14. The number of nitrogens with zero attached hydrogens (tertiary/aromatic N) is 1. The van der Waals surface area contributed by atoms with E-state index < -0.39 is 0 Å². The van der Waals surface area contributed by atoms with E-state index in [1.165, 1.54) is 16.8 Å². The van der Waals surface area contributed by atoms with Gasteiger partial charge in [-0.05, 0) is 17.2 Å². The SMILES string of the molecule is C=CCN(CC=C)c1ccccc1C=Cc1ccccc1. The Kier molecular flexibility index (Phi) is 5.60. The lowest BCUT2D eigenvalue weighted by molar-refractivity contribution is 0.955. The van der Waals surface area contributed by atoms with Gasteiger partial charge in [-0.25, -0.2) is 0 Å². The van der Waals surface area contributed by atoms with E-state index in [-0.39, 0.29) is 0 Å². The Hall–Kier alpha value is -2.54. The Morgan fingerprint density at radius 3 is 2.05 bits per heavy atom. The minimum atomic E-state index is 0.808. The third kappa shape index (κ3) is 4.22. The molecule has 1 nitrogen and oxygen atoms in total. The largest absolute Gasteiger partial charge is 0.364 e. The van der Waals surface area contributed by atoms with E-state index in [9.17, 15) is 0 Å². The highest BCUT2D eigenvalue weighted by Crippen LogP contribution is 2.22. The van der Waals surface area contributed by atoms with Crippen molar-refractivity contribution in [2.45, 2.75) is 0 Å². The lowest BCUT2D eigenvalue weighted by Gasteiger charge is -2.23. The number of hydrogen-bond acceptors (Lipinski definition) is 1. The molecule has 0 aliphatic rings. The molecule has 2 rings (SSSR count). The molecule has 0 spiro atoms. The maximum atomic E-state index is 3.84. The molecule has 21 heavy (non-hydrogen) atoms. The molecule has 0 atom stereocenters. The van der Waals surface area contributed by atoms with Gasteiger partial charge in [0.25, 0.3) is 0 Å². The van der Waals surface area contributed by atoms with Crippen LogP contribution in [0, 0.1) is 0 Å². The molecule has 1 heteroatoms. The van der Waals surface area contributed by atoms with Gasteiger partial charge in [0.2, 0.25) is 0 Å². The summed E-state index contributed by atoms with van der Waals surface area (Å²) in [5, 5.41) is 0. The molecule has 0 N–H and O–H groups in total. The molecule has 0 saturated heterocycles. The molecule has 0 saturated carbocycles. The molecule has 106 valence electrons. The molecule has 2 aromatic carbocycles. The van der Waals surface area contributed by atoms with Gasteiger partial charge in [-0.1, -0.05) is 72.8 Å². The molecule has 0 aromatic heterocycles. The molecule has 0 amide bonds.